The molecule has 0 spiro atoms. The lowest BCUT2D eigenvalue weighted by atomic mass is 10.1. The first-order valence-electron chi connectivity index (χ1n) is 9.72. The van der Waals surface area contributed by atoms with Gasteiger partial charge in [-0.2, -0.15) is 0 Å². The molecule has 2 aromatic rings. The second kappa shape index (κ2) is 9.58. The number of amides is 1. The van der Waals surface area contributed by atoms with E-state index in [0.29, 0.717) is 26.6 Å². The lowest BCUT2D eigenvalue weighted by molar-refractivity contribution is -0.115. The second-order valence-electron chi connectivity index (χ2n) is 7.07. The number of halogens is 1. The molecule has 7 heteroatoms. The van der Waals surface area contributed by atoms with Gasteiger partial charge in [0.15, 0.2) is 16.7 Å². The highest BCUT2D eigenvalue weighted by Gasteiger charge is 2.24. The van der Waals surface area contributed by atoms with E-state index >= 15 is 0 Å². The normalized spacial score (nSPS) is 17.3. The molecule has 1 atom stereocenters. The Morgan fingerprint density at radius 2 is 2.07 bits per heavy atom. The van der Waals surface area contributed by atoms with Crippen molar-refractivity contribution in [1.82, 2.24) is 5.32 Å². The fraction of sp³-hybridized carbons (Fsp3) is 0.304. The average Bonchev–Trinajstić information content (AvgIpc) is 3.05. The Bertz CT molecular complexity index is 1030. The van der Waals surface area contributed by atoms with E-state index in [9.17, 15) is 4.79 Å². The second-order valence-corrected chi connectivity index (χ2v) is 8.51. The molecule has 1 unspecified atom stereocenters. The first-order chi connectivity index (χ1) is 14.3. The van der Waals surface area contributed by atoms with Crippen molar-refractivity contribution in [2.45, 2.75) is 40.2 Å². The van der Waals surface area contributed by atoms with Crippen molar-refractivity contribution in [1.29, 1.82) is 0 Å². The topological polar surface area (TPSA) is 59.9 Å². The molecule has 1 N–H and O–H groups in total. The van der Waals surface area contributed by atoms with Crippen LogP contribution in [0, 0.1) is 13.8 Å². The summed E-state index contributed by atoms with van der Waals surface area (Å²) in [6.45, 7) is 8.07. The number of ether oxygens (including phenoxy) is 2. The number of methoxy groups -OCH3 is 1. The molecule has 0 radical (unpaired) electrons. The Morgan fingerprint density at radius 3 is 2.77 bits per heavy atom. The van der Waals surface area contributed by atoms with Crippen molar-refractivity contribution in [3.8, 4) is 11.5 Å². The van der Waals surface area contributed by atoms with Crippen LogP contribution in [0.5, 0.6) is 11.5 Å². The van der Waals surface area contributed by atoms with Crippen molar-refractivity contribution < 1.29 is 14.3 Å². The smallest absolute Gasteiger partial charge is 0.264 e. The van der Waals surface area contributed by atoms with Gasteiger partial charge >= 0.3 is 0 Å². The maximum absolute atomic E-state index is 12.5. The number of hydrogen-bond acceptors (Lipinski definition) is 5. The van der Waals surface area contributed by atoms with Crippen molar-refractivity contribution in [3.63, 3.8) is 0 Å². The van der Waals surface area contributed by atoms with Gasteiger partial charge in [0.05, 0.1) is 28.8 Å². The van der Waals surface area contributed by atoms with Gasteiger partial charge in [-0.25, -0.2) is 4.99 Å². The summed E-state index contributed by atoms with van der Waals surface area (Å²) in [5.74, 6) is 0.845. The van der Waals surface area contributed by atoms with Crippen LogP contribution in [0.4, 0.5) is 5.69 Å². The summed E-state index contributed by atoms with van der Waals surface area (Å²) in [7, 11) is 1.57. The van der Waals surface area contributed by atoms with E-state index in [1.54, 1.807) is 19.3 Å². The maximum atomic E-state index is 12.5. The molecule has 0 saturated carbocycles. The number of thioether (sulfide) groups is 1. The van der Waals surface area contributed by atoms with Gasteiger partial charge in [-0.15, -0.1) is 0 Å². The van der Waals surface area contributed by atoms with Crippen LogP contribution in [-0.2, 0) is 4.79 Å². The Balaban J connectivity index is 1.88. The fourth-order valence-corrected chi connectivity index (χ4v) is 3.92. The lowest BCUT2D eigenvalue weighted by Gasteiger charge is -2.17. The maximum Gasteiger partial charge on any atom is 0.264 e. The molecule has 2 aromatic carbocycles. The molecule has 1 saturated heterocycles. The van der Waals surface area contributed by atoms with Crippen LogP contribution >= 0.6 is 23.4 Å². The molecule has 158 valence electrons. The molecular formula is C23H25ClN2O3S. The molecule has 1 fully saturated rings. The van der Waals surface area contributed by atoms with Crippen molar-refractivity contribution in [2.75, 3.05) is 7.11 Å². The zero-order chi connectivity index (χ0) is 21.8. The predicted molar refractivity (Wildman–Crippen MR) is 125 cm³/mol. The van der Waals surface area contributed by atoms with E-state index in [2.05, 4.69) is 10.3 Å². The Kier molecular flexibility index (Phi) is 7.10. The van der Waals surface area contributed by atoms with Gasteiger partial charge in [0, 0.05) is 0 Å². The van der Waals surface area contributed by atoms with Gasteiger partial charge in [-0.3, -0.25) is 4.79 Å². The molecule has 1 heterocycles. The number of nitrogens with one attached hydrogen (secondary N) is 1. The van der Waals surface area contributed by atoms with Crippen LogP contribution < -0.4 is 14.8 Å². The third kappa shape index (κ3) is 4.99. The molecule has 0 bridgehead atoms. The number of aryl methyl sites for hydroxylation is 1. The Labute approximate surface area is 186 Å². The van der Waals surface area contributed by atoms with Crippen molar-refractivity contribution in [3.05, 3.63) is 56.9 Å². The summed E-state index contributed by atoms with van der Waals surface area (Å²) in [4.78, 5) is 17.6. The highest BCUT2D eigenvalue weighted by molar-refractivity contribution is 8.18. The molecule has 1 amide bonds. The zero-order valence-corrected chi connectivity index (χ0v) is 19.3. The van der Waals surface area contributed by atoms with E-state index in [1.165, 1.54) is 11.8 Å². The van der Waals surface area contributed by atoms with Crippen LogP contribution in [0.15, 0.2) is 40.2 Å². The molecule has 1 aliphatic heterocycles. The van der Waals surface area contributed by atoms with E-state index < -0.39 is 0 Å². The zero-order valence-electron chi connectivity index (χ0n) is 17.7. The van der Waals surface area contributed by atoms with E-state index in [-0.39, 0.29) is 12.0 Å². The van der Waals surface area contributed by atoms with Gasteiger partial charge in [-0.05, 0) is 79.9 Å². The monoisotopic (exact) mass is 444 g/mol. The highest BCUT2D eigenvalue weighted by atomic mass is 35.5. The molecule has 30 heavy (non-hydrogen) atoms. The summed E-state index contributed by atoms with van der Waals surface area (Å²) in [5, 5.41) is 3.81. The van der Waals surface area contributed by atoms with Crippen molar-refractivity contribution >= 4 is 46.2 Å². The first kappa shape index (κ1) is 22.2. The Hall–Kier alpha value is -2.44. The number of nitrogens with zero attached hydrogens (tertiary/aromatic N) is 1. The largest absolute Gasteiger partial charge is 0.493 e. The van der Waals surface area contributed by atoms with Crippen LogP contribution in [-0.4, -0.2) is 24.3 Å². The summed E-state index contributed by atoms with van der Waals surface area (Å²) >= 11 is 7.74. The standard InChI is InChI=1S/C23H25ClN2O3S/c1-6-14(3)29-21-17(24)10-16(11-19(21)28-5)12-20-22(27)26-23(30-20)25-18-9-7-8-13(2)15(18)4/h7-12,14H,6H2,1-5H3,(H,25,26,27). The van der Waals surface area contributed by atoms with Gasteiger partial charge in [0.1, 0.15) is 0 Å². The first-order valence-corrected chi connectivity index (χ1v) is 10.9. The third-order valence-corrected chi connectivity index (χ3v) is 6.08. The summed E-state index contributed by atoms with van der Waals surface area (Å²) < 4.78 is 11.3. The van der Waals surface area contributed by atoms with Crippen LogP contribution in [0.25, 0.3) is 6.08 Å². The number of amidine groups is 1. The fourth-order valence-electron chi connectivity index (χ4n) is 2.82. The van der Waals surface area contributed by atoms with Crippen LogP contribution in [0.3, 0.4) is 0 Å². The van der Waals surface area contributed by atoms with Gasteiger partial charge < -0.3 is 14.8 Å². The molecular weight excluding hydrogens is 420 g/mol. The summed E-state index contributed by atoms with van der Waals surface area (Å²) in [6.07, 6.45) is 2.64. The van der Waals surface area contributed by atoms with Crippen LogP contribution in [0.2, 0.25) is 5.02 Å². The third-order valence-electron chi connectivity index (χ3n) is 4.89. The summed E-state index contributed by atoms with van der Waals surface area (Å²) in [6, 6.07) is 9.50. The van der Waals surface area contributed by atoms with E-state index in [4.69, 9.17) is 21.1 Å². The molecule has 5 nitrogen and oxygen atoms in total. The molecule has 0 aromatic heterocycles. The average molecular weight is 445 g/mol. The number of aliphatic imine (C=N–C) groups is 1. The highest BCUT2D eigenvalue weighted by Crippen LogP contribution is 2.39. The minimum atomic E-state index is -0.195. The van der Waals surface area contributed by atoms with Gasteiger partial charge in [-0.1, -0.05) is 30.7 Å². The number of benzene rings is 2. The number of carbonyl (C=O) groups excluding carboxylic acids is 1. The van der Waals surface area contributed by atoms with E-state index in [1.807, 2.05) is 52.0 Å². The SMILES string of the molecule is CCC(C)Oc1c(Cl)cc(C=C2SC(=Nc3cccc(C)c3C)NC2=O)cc1OC. The number of rotatable bonds is 6. The quantitative estimate of drug-likeness (QED) is 0.552. The predicted octanol–water partition coefficient (Wildman–Crippen LogP) is 6.03. The summed E-state index contributed by atoms with van der Waals surface area (Å²) in [5.41, 5.74) is 3.84. The van der Waals surface area contributed by atoms with Crippen LogP contribution in [0.1, 0.15) is 37.0 Å². The van der Waals surface area contributed by atoms with Gasteiger partial charge in [0.25, 0.3) is 5.91 Å². The lowest BCUT2D eigenvalue weighted by Crippen LogP contribution is -2.19. The Morgan fingerprint density at radius 1 is 1.30 bits per heavy atom. The molecule has 3 rings (SSSR count). The van der Waals surface area contributed by atoms with E-state index in [0.717, 1.165) is 28.8 Å². The number of carbonyl (C=O) groups is 1. The van der Waals surface area contributed by atoms with Gasteiger partial charge in [0.2, 0.25) is 0 Å². The molecule has 0 aliphatic carbocycles. The van der Waals surface area contributed by atoms with Crippen molar-refractivity contribution in [2.24, 2.45) is 4.99 Å². The minimum absolute atomic E-state index is 0.0145. The molecule has 1 aliphatic rings. The number of hydrogen-bond donors (Lipinski definition) is 1. The minimum Gasteiger partial charge on any atom is -0.493 e.